The van der Waals surface area contributed by atoms with E-state index in [0.717, 1.165) is 18.5 Å². The first-order chi connectivity index (χ1) is 10.8. The number of hydrogen-bond donors (Lipinski definition) is 2. The molecule has 6 heteroatoms. The number of nitrogens with one attached hydrogen (secondary N) is 1. The van der Waals surface area contributed by atoms with Gasteiger partial charge in [-0.05, 0) is 38.0 Å². The Kier molecular flexibility index (Phi) is 5.03. The van der Waals surface area contributed by atoms with Crippen LogP contribution in [0.2, 0.25) is 0 Å². The zero-order chi connectivity index (χ0) is 17.0. The Bertz CT molecular complexity index is 608. The Morgan fingerprint density at radius 1 is 1.26 bits per heavy atom. The smallest absolute Gasteiger partial charge is 0.251 e. The molecule has 1 fully saturated rings. The molecule has 1 aromatic carbocycles. The van der Waals surface area contributed by atoms with Gasteiger partial charge in [-0.3, -0.25) is 14.4 Å². The maximum absolute atomic E-state index is 12.1. The summed E-state index contributed by atoms with van der Waals surface area (Å²) in [4.78, 5) is 36.8. The Morgan fingerprint density at radius 3 is 2.43 bits per heavy atom. The fourth-order valence-corrected chi connectivity index (χ4v) is 2.34. The fourth-order valence-electron chi connectivity index (χ4n) is 2.34. The van der Waals surface area contributed by atoms with Crippen LogP contribution in [0.4, 0.5) is 0 Å². The van der Waals surface area contributed by atoms with Crippen LogP contribution < -0.4 is 11.1 Å². The molecule has 0 aromatic heterocycles. The molecule has 1 aliphatic rings. The second kappa shape index (κ2) is 6.81. The van der Waals surface area contributed by atoms with E-state index in [2.05, 4.69) is 5.32 Å². The Morgan fingerprint density at radius 2 is 1.91 bits per heavy atom. The number of nitrogens with zero attached hydrogens (tertiary/aromatic N) is 1. The molecule has 1 heterocycles. The highest BCUT2D eigenvalue weighted by molar-refractivity contribution is 5.94. The highest BCUT2D eigenvalue weighted by Crippen LogP contribution is 2.15. The third-order valence-corrected chi connectivity index (χ3v) is 4.12. The minimum atomic E-state index is -0.786. The summed E-state index contributed by atoms with van der Waals surface area (Å²) in [5, 5.41) is 2.72. The quantitative estimate of drug-likeness (QED) is 0.821. The minimum absolute atomic E-state index is 0.181. The highest BCUT2D eigenvalue weighted by Gasteiger charge is 2.25. The van der Waals surface area contributed by atoms with Gasteiger partial charge in [0.1, 0.15) is 0 Å². The van der Waals surface area contributed by atoms with E-state index in [1.54, 1.807) is 26.0 Å². The molecule has 0 saturated carbocycles. The van der Waals surface area contributed by atoms with Gasteiger partial charge in [0, 0.05) is 31.6 Å². The third kappa shape index (κ3) is 4.31. The van der Waals surface area contributed by atoms with E-state index in [1.165, 1.54) is 0 Å². The standard InChI is InChI=1S/C17H23N3O3/c1-17(2,16(18)23)11-19-15(22)13-7-5-12(6-8-13)10-20-9-3-4-14(20)21/h5-8H,3-4,9-11H2,1-2H3,(H2,18,23)(H,19,22). The number of likely N-dealkylation sites (tertiary alicyclic amines) is 1. The van der Waals surface area contributed by atoms with Crippen LogP contribution in [0, 0.1) is 5.41 Å². The van der Waals surface area contributed by atoms with Gasteiger partial charge in [0.2, 0.25) is 11.8 Å². The molecule has 6 nitrogen and oxygen atoms in total. The zero-order valence-electron chi connectivity index (χ0n) is 13.6. The number of primary amides is 1. The van der Waals surface area contributed by atoms with Crippen LogP contribution in [0.1, 0.15) is 42.6 Å². The molecule has 2 rings (SSSR count). The van der Waals surface area contributed by atoms with Crippen LogP contribution in [0.15, 0.2) is 24.3 Å². The van der Waals surface area contributed by atoms with Crippen molar-refractivity contribution in [3.63, 3.8) is 0 Å². The molecule has 0 bridgehead atoms. The van der Waals surface area contributed by atoms with Crippen molar-refractivity contribution >= 4 is 17.7 Å². The lowest BCUT2D eigenvalue weighted by Gasteiger charge is -2.20. The largest absolute Gasteiger partial charge is 0.369 e. The summed E-state index contributed by atoms with van der Waals surface area (Å²) in [5.74, 6) is -0.521. The van der Waals surface area contributed by atoms with E-state index in [0.29, 0.717) is 18.5 Å². The fraction of sp³-hybridized carbons (Fsp3) is 0.471. The van der Waals surface area contributed by atoms with Gasteiger partial charge in [-0.25, -0.2) is 0 Å². The predicted molar refractivity (Wildman–Crippen MR) is 86.4 cm³/mol. The molecule has 23 heavy (non-hydrogen) atoms. The predicted octanol–water partition coefficient (Wildman–Crippen LogP) is 1.05. The molecule has 1 aliphatic heterocycles. The van der Waals surface area contributed by atoms with Gasteiger partial charge in [-0.2, -0.15) is 0 Å². The molecule has 1 aromatic rings. The number of amides is 3. The molecule has 0 spiro atoms. The first-order valence-corrected chi connectivity index (χ1v) is 7.74. The van der Waals surface area contributed by atoms with Crippen molar-refractivity contribution in [2.24, 2.45) is 11.1 Å². The lowest BCUT2D eigenvalue weighted by Crippen LogP contribution is -2.42. The molecule has 124 valence electrons. The van der Waals surface area contributed by atoms with Gasteiger partial charge in [0.05, 0.1) is 5.41 Å². The summed E-state index contributed by atoms with van der Waals surface area (Å²) >= 11 is 0. The Labute approximate surface area is 136 Å². The zero-order valence-corrected chi connectivity index (χ0v) is 13.6. The van der Waals surface area contributed by atoms with Gasteiger partial charge in [-0.1, -0.05) is 12.1 Å². The topological polar surface area (TPSA) is 92.5 Å². The maximum atomic E-state index is 12.1. The van der Waals surface area contributed by atoms with Gasteiger partial charge >= 0.3 is 0 Å². The Balaban J connectivity index is 1.92. The molecule has 3 N–H and O–H groups in total. The number of rotatable bonds is 6. The van der Waals surface area contributed by atoms with Crippen LogP contribution in [-0.4, -0.2) is 35.7 Å². The summed E-state index contributed by atoms with van der Waals surface area (Å²) in [6.45, 7) is 4.93. The third-order valence-electron chi connectivity index (χ3n) is 4.12. The van der Waals surface area contributed by atoms with Gasteiger partial charge in [0.25, 0.3) is 5.91 Å². The average molecular weight is 317 g/mol. The number of carbonyl (C=O) groups is 3. The molecule has 3 amide bonds. The molecule has 0 aliphatic carbocycles. The van der Waals surface area contributed by atoms with Crippen LogP contribution in [0.25, 0.3) is 0 Å². The van der Waals surface area contributed by atoms with Gasteiger partial charge < -0.3 is 16.0 Å². The summed E-state index contributed by atoms with van der Waals surface area (Å²) < 4.78 is 0. The molecule has 1 saturated heterocycles. The van der Waals surface area contributed by atoms with Crippen molar-refractivity contribution in [1.82, 2.24) is 10.2 Å². The molecule has 0 atom stereocenters. The van der Waals surface area contributed by atoms with Gasteiger partial charge in [0.15, 0.2) is 0 Å². The first-order valence-electron chi connectivity index (χ1n) is 7.74. The SMILES string of the molecule is CC(C)(CNC(=O)c1ccc(CN2CCCC2=O)cc1)C(N)=O. The van der Waals surface area contributed by atoms with Crippen LogP contribution in [-0.2, 0) is 16.1 Å². The number of nitrogens with two attached hydrogens (primary N) is 1. The van der Waals surface area contributed by atoms with Crippen LogP contribution in [0.3, 0.4) is 0 Å². The number of carbonyl (C=O) groups excluding carboxylic acids is 3. The van der Waals surface area contributed by atoms with Crippen molar-refractivity contribution < 1.29 is 14.4 Å². The van der Waals surface area contributed by atoms with Crippen LogP contribution in [0.5, 0.6) is 0 Å². The molecule has 0 unspecified atom stereocenters. The first kappa shape index (κ1) is 17.0. The lowest BCUT2D eigenvalue weighted by molar-refractivity contribution is -0.128. The van der Waals surface area contributed by atoms with E-state index in [-0.39, 0.29) is 18.4 Å². The normalized spacial score (nSPS) is 14.9. The average Bonchev–Trinajstić information content (AvgIpc) is 2.91. The number of hydrogen-bond acceptors (Lipinski definition) is 3. The van der Waals surface area contributed by atoms with E-state index in [4.69, 9.17) is 5.73 Å². The Hall–Kier alpha value is -2.37. The van der Waals surface area contributed by atoms with Crippen molar-refractivity contribution in [2.75, 3.05) is 13.1 Å². The van der Waals surface area contributed by atoms with E-state index >= 15 is 0 Å². The van der Waals surface area contributed by atoms with Crippen molar-refractivity contribution in [2.45, 2.75) is 33.2 Å². The molecular weight excluding hydrogens is 294 g/mol. The second-order valence-corrected chi connectivity index (χ2v) is 6.55. The highest BCUT2D eigenvalue weighted by atomic mass is 16.2. The van der Waals surface area contributed by atoms with Crippen molar-refractivity contribution in [3.8, 4) is 0 Å². The summed E-state index contributed by atoms with van der Waals surface area (Å²) in [7, 11) is 0. The van der Waals surface area contributed by atoms with Crippen LogP contribution >= 0.6 is 0 Å². The van der Waals surface area contributed by atoms with E-state index in [9.17, 15) is 14.4 Å². The van der Waals surface area contributed by atoms with Gasteiger partial charge in [-0.15, -0.1) is 0 Å². The summed E-state index contributed by atoms with van der Waals surface area (Å²) in [5.41, 5.74) is 6.01. The lowest BCUT2D eigenvalue weighted by atomic mass is 9.92. The second-order valence-electron chi connectivity index (χ2n) is 6.55. The summed E-state index contributed by atoms with van der Waals surface area (Å²) in [6, 6.07) is 7.14. The van der Waals surface area contributed by atoms with E-state index < -0.39 is 11.3 Å². The minimum Gasteiger partial charge on any atom is -0.369 e. The molecular formula is C17H23N3O3. The number of benzene rings is 1. The van der Waals surface area contributed by atoms with Crippen molar-refractivity contribution in [1.29, 1.82) is 0 Å². The van der Waals surface area contributed by atoms with Crippen molar-refractivity contribution in [3.05, 3.63) is 35.4 Å². The monoisotopic (exact) mass is 317 g/mol. The summed E-state index contributed by atoms with van der Waals surface area (Å²) in [6.07, 6.45) is 1.53. The van der Waals surface area contributed by atoms with E-state index in [1.807, 2.05) is 17.0 Å². The molecule has 0 radical (unpaired) electrons. The maximum Gasteiger partial charge on any atom is 0.251 e.